The molecule has 3 rings (SSSR count). The van der Waals surface area contributed by atoms with Gasteiger partial charge in [-0.3, -0.25) is 0 Å². The van der Waals surface area contributed by atoms with Crippen LogP contribution in [-0.2, 0) is 9.73 Å². The first-order chi connectivity index (χ1) is 13.9. The molecule has 0 unspecified atom stereocenters. The van der Waals surface area contributed by atoms with E-state index in [9.17, 15) is 9.32 Å². The Balaban J connectivity index is 2.20. The second-order valence-electron chi connectivity index (χ2n) is 7.70. The number of aliphatic hydroxyl groups excluding tert-OH is 1. The summed E-state index contributed by atoms with van der Waals surface area (Å²) in [5, 5.41) is 10.2. The summed E-state index contributed by atoms with van der Waals surface area (Å²) in [7, 11) is -1.08. The van der Waals surface area contributed by atoms with Crippen LogP contribution in [0.4, 0.5) is 5.69 Å². The number of hydrogen-bond acceptors (Lipinski definition) is 4. The third kappa shape index (κ3) is 4.62. The van der Waals surface area contributed by atoms with Crippen molar-refractivity contribution in [2.24, 2.45) is 10.3 Å². The molecule has 29 heavy (non-hydrogen) atoms. The maximum Gasteiger partial charge on any atom is 0.145 e. The second kappa shape index (κ2) is 8.97. The minimum absolute atomic E-state index is 0.0300. The summed E-state index contributed by atoms with van der Waals surface area (Å²) in [6, 6.07) is 13.4. The van der Waals surface area contributed by atoms with E-state index in [-0.39, 0.29) is 18.4 Å². The van der Waals surface area contributed by atoms with E-state index in [1.807, 2.05) is 75.4 Å². The molecular formula is C24H29NO3S. The fourth-order valence-electron chi connectivity index (χ4n) is 3.68. The molecule has 0 saturated carbocycles. The van der Waals surface area contributed by atoms with Gasteiger partial charge in [-0.1, -0.05) is 48.1 Å². The average Bonchev–Trinajstić information content (AvgIpc) is 2.71. The lowest BCUT2D eigenvalue weighted by atomic mass is 9.85. The van der Waals surface area contributed by atoms with E-state index >= 15 is 0 Å². The lowest BCUT2D eigenvalue weighted by molar-refractivity contribution is 0.237. The monoisotopic (exact) mass is 411 g/mol. The number of methoxy groups -OCH3 is 1. The van der Waals surface area contributed by atoms with Gasteiger partial charge in [-0.05, 0) is 50.1 Å². The Labute approximate surface area is 174 Å². The predicted octanol–water partition coefficient (Wildman–Crippen LogP) is 5.39. The molecule has 4 nitrogen and oxygen atoms in total. The van der Waals surface area contributed by atoms with Crippen LogP contribution < -0.4 is 4.74 Å². The van der Waals surface area contributed by atoms with Crippen LogP contribution in [0.1, 0.15) is 30.9 Å². The van der Waals surface area contributed by atoms with Gasteiger partial charge in [0.1, 0.15) is 11.4 Å². The Morgan fingerprint density at radius 3 is 2.66 bits per heavy atom. The molecule has 0 radical (unpaired) electrons. The molecule has 3 atom stereocenters. The first-order valence-electron chi connectivity index (χ1n) is 9.79. The lowest BCUT2D eigenvalue weighted by Crippen LogP contribution is -2.26. The van der Waals surface area contributed by atoms with E-state index in [2.05, 4.69) is 6.07 Å². The summed E-state index contributed by atoms with van der Waals surface area (Å²) < 4.78 is 24.3. The Hall–Kier alpha value is -2.37. The van der Waals surface area contributed by atoms with E-state index in [1.54, 1.807) is 7.11 Å². The van der Waals surface area contributed by atoms with Gasteiger partial charge in [0.25, 0.3) is 0 Å². The van der Waals surface area contributed by atoms with Gasteiger partial charge in [-0.2, -0.15) is 4.36 Å². The van der Waals surface area contributed by atoms with Gasteiger partial charge in [0.15, 0.2) is 0 Å². The van der Waals surface area contributed by atoms with Crippen LogP contribution in [0.3, 0.4) is 0 Å². The molecule has 1 N–H and O–H groups in total. The van der Waals surface area contributed by atoms with Crippen molar-refractivity contribution < 1.29 is 14.1 Å². The van der Waals surface area contributed by atoms with Crippen LogP contribution in [0.15, 0.2) is 75.5 Å². The van der Waals surface area contributed by atoms with Crippen LogP contribution in [0, 0.1) is 12.8 Å². The van der Waals surface area contributed by atoms with Crippen molar-refractivity contribution in [2.75, 3.05) is 19.5 Å². The number of rotatable bonds is 6. The van der Waals surface area contributed by atoms with Crippen LogP contribution in [0.5, 0.6) is 5.75 Å². The van der Waals surface area contributed by atoms with E-state index < -0.39 is 9.73 Å². The number of fused-ring (bicyclic) bond motifs is 1. The number of hydrogen-bond donors (Lipinski definition) is 1. The van der Waals surface area contributed by atoms with Gasteiger partial charge >= 0.3 is 0 Å². The number of allylic oxidation sites excluding steroid dienone is 3. The van der Waals surface area contributed by atoms with Gasteiger partial charge in [0.2, 0.25) is 0 Å². The van der Waals surface area contributed by atoms with Crippen molar-refractivity contribution in [1.29, 1.82) is 0 Å². The van der Waals surface area contributed by atoms with Crippen molar-refractivity contribution >= 4 is 15.4 Å². The summed E-state index contributed by atoms with van der Waals surface area (Å²) in [5.41, 5.74) is 3.86. The number of nitrogens with zero attached hydrogens (tertiary/aromatic N) is 1. The number of aliphatic hydroxyl groups is 1. The van der Waals surface area contributed by atoms with Crippen LogP contribution in [-0.4, -0.2) is 28.8 Å². The molecule has 1 aliphatic heterocycles. The zero-order chi connectivity index (χ0) is 21.0. The molecule has 0 aliphatic carbocycles. The predicted molar refractivity (Wildman–Crippen MR) is 119 cm³/mol. The molecule has 1 heterocycles. The van der Waals surface area contributed by atoms with Gasteiger partial charge in [-0.25, -0.2) is 4.21 Å². The zero-order valence-electron chi connectivity index (χ0n) is 17.5. The average molecular weight is 412 g/mol. The topological polar surface area (TPSA) is 58.9 Å². The van der Waals surface area contributed by atoms with Crippen molar-refractivity contribution in [1.82, 2.24) is 0 Å². The molecule has 0 aromatic heterocycles. The molecular weight excluding hydrogens is 382 g/mol. The SMILES string of the molecule is COc1cc(C)cc2c1N=[S@](=O)(c1ccccc1)C[C@@H]2[C@H](/C=C/C=C(C)C)CO. The van der Waals surface area contributed by atoms with Gasteiger partial charge in [0.05, 0.1) is 16.8 Å². The summed E-state index contributed by atoms with van der Waals surface area (Å²) >= 11 is 0. The molecule has 0 bridgehead atoms. The third-order valence-corrected chi connectivity index (χ3v) is 7.44. The van der Waals surface area contributed by atoms with Crippen LogP contribution >= 0.6 is 0 Å². The lowest BCUT2D eigenvalue weighted by Gasteiger charge is -2.31. The Kier molecular flexibility index (Phi) is 6.60. The highest BCUT2D eigenvalue weighted by Crippen LogP contribution is 2.46. The minimum atomic E-state index is -2.69. The van der Waals surface area contributed by atoms with Gasteiger partial charge < -0.3 is 9.84 Å². The fraction of sp³-hybridized carbons (Fsp3) is 0.333. The second-order valence-corrected chi connectivity index (χ2v) is 9.97. The minimum Gasteiger partial charge on any atom is -0.494 e. The number of ether oxygens (including phenoxy) is 1. The molecule has 0 amide bonds. The van der Waals surface area contributed by atoms with E-state index in [1.165, 1.54) is 5.57 Å². The molecule has 2 aromatic carbocycles. The summed E-state index contributed by atoms with van der Waals surface area (Å²) in [6.07, 6.45) is 5.99. The highest BCUT2D eigenvalue weighted by molar-refractivity contribution is 7.93. The third-order valence-electron chi connectivity index (χ3n) is 5.14. The van der Waals surface area contributed by atoms with Crippen molar-refractivity contribution in [3.63, 3.8) is 0 Å². The largest absolute Gasteiger partial charge is 0.494 e. The van der Waals surface area contributed by atoms with Crippen LogP contribution in [0.2, 0.25) is 0 Å². The molecule has 0 fully saturated rings. The van der Waals surface area contributed by atoms with Gasteiger partial charge in [-0.15, -0.1) is 0 Å². The van der Waals surface area contributed by atoms with Crippen molar-refractivity contribution in [3.05, 3.63) is 77.4 Å². The Bertz CT molecular complexity index is 1040. The number of aryl methyl sites for hydroxylation is 1. The standard InChI is InChI=1S/C24H29NO3S/c1-17(2)9-8-10-19(15-26)22-16-29(27,20-11-6-5-7-12-20)25-24-21(22)13-18(3)14-23(24)28-4/h5-14,19,22,26H,15-16H2,1-4H3/b10-8+/t19-,22-,29-/m1/s1. The summed E-state index contributed by atoms with van der Waals surface area (Å²) in [6.45, 7) is 6.04. The first kappa shape index (κ1) is 21.3. The molecule has 154 valence electrons. The van der Waals surface area contributed by atoms with E-state index in [0.29, 0.717) is 22.1 Å². The first-order valence-corrected chi connectivity index (χ1v) is 11.5. The smallest absolute Gasteiger partial charge is 0.145 e. The maximum absolute atomic E-state index is 14.0. The molecule has 5 heteroatoms. The Morgan fingerprint density at radius 1 is 1.31 bits per heavy atom. The molecule has 0 saturated heterocycles. The van der Waals surface area contributed by atoms with Crippen molar-refractivity contribution in [2.45, 2.75) is 31.6 Å². The summed E-state index contributed by atoms with van der Waals surface area (Å²) in [5.74, 6) is 0.686. The quantitative estimate of drug-likeness (QED) is 0.648. The highest BCUT2D eigenvalue weighted by Gasteiger charge is 2.34. The number of benzene rings is 2. The maximum atomic E-state index is 14.0. The Morgan fingerprint density at radius 2 is 2.03 bits per heavy atom. The molecule has 0 spiro atoms. The summed E-state index contributed by atoms with van der Waals surface area (Å²) in [4.78, 5) is 0.711. The van der Waals surface area contributed by atoms with Crippen LogP contribution in [0.25, 0.3) is 0 Å². The molecule has 2 aromatic rings. The zero-order valence-corrected chi connectivity index (χ0v) is 18.3. The van der Waals surface area contributed by atoms with E-state index in [4.69, 9.17) is 9.10 Å². The molecule has 1 aliphatic rings. The normalized spacial score (nSPS) is 21.9. The van der Waals surface area contributed by atoms with Crippen molar-refractivity contribution in [3.8, 4) is 5.75 Å². The fourth-order valence-corrected chi connectivity index (χ4v) is 6.03. The van der Waals surface area contributed by atoms with Gasteiger partial charge in [0, 0.05) is 29.1 Å². The highest BCUT2D eigenvalue weighted by atomic mass is 32.2. The van der Waals surface area contributed by atoms with E-state index in [0.717, 1.165) is 11.1 Å².